The Morgan fingerprint density at radius 1 is 1.29 bits per heavy atom. The molecule has 0 aliphatic rings. The highest BCUT2D eigenvalue weighted by Crippen LogP contribution is 2.19. The third kappa shape index (κ3) is 4.41. The van der Waals surface area contributed by atoms with Gasteiger partial charge in [-0.15, -0.1) is 0 Å². The number of pyridine rings is 1. The Labute approximate surface area is 126 Å². The molecule has 0 aliphatic heterocycles. The molecular formula is C17H24N2O2. The molecule has 1 atom stereocenters. The predicted molar refractivity (Wildman–Crippen MR) is 85.6 cm³/mol. The summed E-state index contributed by atoms with van der Waals surface area (Å²) in [7, 11) is 1.88. The van der Waals surface area contributed by atoms with Gasteiger partial charge in [-0.2, -0.15) is 0 Å². The van der Waals surface area contributed by atoms with Crippen molar-refractivity contribution in [2.75, 3.05) is 20.3 Å². The van der Waals surface area contributed by atoms with E-state index in [2.05, 4.69) is 10.3 Å². The van der Waals surface area contributed by atoms with Crippen LogP contribution in [0.1, 0.15) is 26.2 Å². The molecule has 1 unspecified atom stereocenters. The molecule has 2 N–H and O–H groups in total. The minimum absolute atomic E-state index is 0.153. The van der Waals surface area contributed by atoms with Crippen molar-refractivity contribution in [2.24, 2.45) is 0 Å². The summed E-state index contributed by atoms with van der Waals surface area (Å²) in [6, 6.07) is 9.96. The molecular weight excluding hydrogens is 264 g/mol. The van der Waals surface area contributed by atoms with E-state index in [0.29, 0.717) is 6.61 Å². The maximum absolute atomic E-state index is 9.32. The first-order chi connectivity index (χ1) is 10.2. The van der Waals surface area contributed by atoms with Crippen LogP contribution in [0.25, 0.3) is 10.9 Å². The van der Waals surface area contributed by atoms with Crippen molar-refractivity contribution in [3.05, 3.63) is 36.5 Å². The first-order valence-corrected chi connectivity index (χ1v) is 7.44. The van der Waals surface area contributed by atoms with Gasteiger partial charge in [0.25, 0.3) is 0 Å². The Balaban J connectivity index is 1.77. The summed E-state index contributed by atoms with van der Waals surface area (Å²) in [5, 5.41) is 13.6. The van der Waals surface area contributed by atoms with Gasteiger partial charge in [-0.25, -0.2) is 0 Å². The van der Waals surface area contributed by atoms with Crippen LogP contribution >= 0.6 is 0 Å². The molecule has 0 fully saturated rings. The third-order valence-corrected chi connectivity index (χ3v) is 3.92. The van der Waals surface area contributed by atoms with Crippen molar-refractivity contribution in [1.82, 2.24) is 10.3 Å². The zero-order valence-electron chi connectivity index (χ0n) is 12.8. The average molecular weight is 288 g/mol. The molecule has 1 aromatic carbocycles. The maximum Gasteiger partial charge on any atom is 0.121 e. The van der Waals surface area contributed by atoms with Gasteiger partial charge in [0.2, 0.25) is 0 Å². The van der Waals surface area contributed by atoms with Gasteiger partial charge in [0.1, 0.15) is 5.75 Å². The minimum atomic E-state index is -0.188. The number of aliphatic hydroxyl groups excluding tert-OH is 1. The van der Waals surface area contributed by atoms with E-state index in [9.17, 15) is 5.11 Å². The number of fused-ring (bicyclic) bond motifs is 1. The summed E-state index contributed by atoms with van der Waals surface area (Å²) in [5.41, 5.74) is 0.769. The number of rotatable bonds is 8. The number of unbranched alkanes of at least 4 members (excludes halogenated alkanes) is 1. The van der Waals surface area contributed by atoms with E-state index in [4.69, 9.17) is 4.74 Å². The van der Waals surface area contributed by atoms with Gasteiger partial charge < -0.3 is 15.2 Å². The smallest absolute Gasteiger partial charge is 0.121 e. The summed E-state index contributed by atoms with van der Waals surface area (Å²) < 4.78 is 5.77. The molecule has 0 radical (unpaired) electrons. The minimum Gasteiger partial charge on any atom is -0.494 e. The van der Waals surface area contributed by atoms with Crippen LogP contribution in [-0.2, 0) is 0 Å². The molecule has 0 spiro atoms. The van der Waals surface area contributed by atoms with Crippen LogP contribution < -0.4 is 10.1 Å². The first-order valence-electron chi connectivity index (χ1n) is 7.44. The molecule has 1 heterocycles. The van der Waals surface area contributed by atoms with Gasteiger partial charge in [0, 0.05) is 23.2 Å². The zero-order chi connectivity index (χ0) is 15.1. The fourth-order valence-electron chi connectivity index (χ4n) is 2.23. The number of nitrogens with zero attached hydrogens (tertiary/aromatic N) is 1. The second-order valence-corrected chi connectivity index (χ2v) is 5.63. The van der Waals surface area contributed by atoms with Gasteiger partial charge in [-0.1, -0.05) is 6.07 Å². The van der Waals surface area contributed by atoms with Crippen LogP contribution in [0.5, 0.6) is 5.75 Å². The SMILES string of the molecule is CNC(C)(CO)CCCCOc1ccc2cccnc2c1. The van der Waals surface area contributed by atoms with Crippen molar-refractivity contribution < 1.29 is 9.84 Å². The summed E-state index contributed by atoms with van der Waals surface area (Å²) in [6.07, 6.45) is 4.71. The summed E-state index contributed by atoms with van der Waals surface area (Å²) in [6.45, 7) is 2.87. The summed E-state index contributed by atoms with van der Waals surface area (Å²) in [5.74, 6) is 0.861. The molecule has 0 saturated carbocycles. The van der Waals surface area contributed by atoms with Gasteiger partial charge in [0.15, 0.2) is 0 Å². The lowest BCUT2D eigenvalue weighted by Crippen LogP contribution is -2.43. The lowest BCUT2D eigenvalue weighted by molar-refractivity contribution is 0.168. The van der Waals surface area contributed by atoms with Crippen LogP contribution in [0.15, 0.2) is 36.5 Å². The average Bonchev–Trinajstić information content (AvgIpc) is 2.54. The highest BCUT2D eigenvalue weighted by molar-refractivity contribution is 5.79. The van der Waals surface area contributed by atoms with Gasteiger partial charge >= 0.3 is 0 Å². The highest BCUT2D eigenvalue weighted by atomic mass is 16.5. The van der Waals surface area contributed by atoms with Crippen molar-refractivity contribution in [1.29, 1.82) is 0 Å². The van der Waals surface area contributed by atoms with E-state index in [0.717, 1.165) is 35.9 Å². The Morgan fingerprint density at radius 2 is 2.14 bits per heavy atom. The molecule has 0 bridgehead atoms. The fourth-order valence-corrected chi connectivity index (χ4v) is 2.23. The Morgan fingerprint density at radius 3 is 2.90 bits per heavy atom. The topological polar surface area (TPSA) is 54.4 Å². The molecule has 4 heteroatoms. The summed E-state index contributed by atoms with van der Waals surface area (Å²) in [4.78, 5) is 4.32. The van der Waals surface area contributed by atoms with Crippen LogP contribution in [0.3, 0.4) is 0 Å². The molecule has 2 rings (SSSR count). The number of aromatic nitrogens is 1. The molecule has 0 aliphatic carbocycles. The number of aliphatic hydroxyl groups is 1. The monoisotopic (exact) mass is 288 g/mol. The highest BCUT2D eigenvalue weighted by Gasteiger charge is 2.19. The fraction of sp³-hybridized carbons (Fsp3) is 0.471. The number of hydrogen-bond acceptors (Lipinski definition) is 4. The number of likely N-dealkylation sites (N-methyl/N-ethyl adjacent to an activating group) is 1. The van der Waals surface area contributed by atoms with E-state index in [1.165, 1.54) is 0 Å². The number of benzene rings is 1. The maximum atomic E-state index is 9.32. The largest absolute Gasteiger partial charge is 0.494 e. The molecule has 2 aromatic rings. The standard InChI is InChI=1S/C17H24N2O2/c1-17(13-20,18-2)9-3-4-11-21-15-8-7-14-6-5-10-19-16(14)12-15/h5-8,10,12,18,20H,3-4,9,11,13H2,1-2H3. The second kappa shape index (κ2) is 7.38. The molecule has 1 aromatic heterocycles. The van der Waals surface area contributed by atoms with E-state index in [1.54, 1.807) is 6.20 Å². The Hall–Kier alpha value is -1.65. The van der Waals surface area contributed by atoms with Crippen LogP contribution in [0.4, 0.5) is 0 Å². The first kappa shape index (κ1) is 15.7. The number of hydrogen-bond donors (Lipinski definition) is 2. The van der Waals surface area contributed by atoms with Crippen LogP contribution in [0.2, 0.25) is 0 Å². The van der Waals surface area contributed by atoms with Crippen molar-refractivity contribution in [2.45, 2.75) is 31.7 Å². The van der Waals surface area contributed by atoms with Crippen molar-refractivity contribution in [3.8, 4) is 5.75 Å². The molecule has 0 amide bonds. The van der Waals surface area contributed by atoms with Crippen molar-refractivity contribution in [3.63, 3.8) is 0 Å². The Bertz CT molecular complexity index is 567. The van der Waals surface area contributed by atoms with E-state index < -0.39 is 0 Å². The van der Waals surface area contributed by atoms with Crippen LogP contribution in [-0.4, -0.2) is 35.9 Å². The zero-order valence-corrected chi connectivity index (χ0v) is 12.8. The lowest BCUT2D eigenvalue weighted by atomic mass is 9.96. The van der Waals surface area contributed by atoms with Gasteiger partial charge in [-0.05, 0) is 51.4 Å². The normalized spacial score (nSPS) is 14.0. The summed E-state index contributed by atoms with van der Waals surface area (Å²) >= 11 is 0. The van der Waals surface area contributed by atoms with E-state index >= 15 is 0 Å². The van der Waals surface area contributed by atoms with E-state index in [1.807, 2.05) is 44.3 Å². The van der Waals surface area contributed by atoms with Gasteiger partial charge in [0.05, 0.1) is 18.7 Å². The quantitative estimate of drug-likeness (QED) is 0.733. The van der Waals surface area contributed by atoms with Crippen LogP contribution in [0, 0.1) is 0 Å². The van der Waals surface area contributed by atoms with E-state index in [-0.39, 0.29) is 12.1 Å². The molecule has 21 heavy (non-hydrogen) atoms. The number of nitrogens with one attached hydrogen (secondary N) is 1. The van der Waals surface area contributed by atoms with Gasteiger partial charge in [-0.3, -0.25) is 4.98 Å². The Kier molecular flexibility index (Phi) is 5.53. The predicted octanol–water partition coefficient (Wildman–Crippen LogP) is 2.75. The molecule has 0 saturated heterocycles. The molecule has 4 nitrogen and oxygen atoms in total. The lowest BCUT2D eigenvalue weighted by Gasteiger charge is -2.26. The third-order valence-electron chi connectivity index (χ3n) is 3.92. The number of ether oxygens (including phenoxy) is 1. The molecule has 114 valence electrons. The van der Waals surface area contributed by atoms with Crippen molar-refractivity contribution >= 4 is 10.9 Å². The second-order valence-electron chi connectivity index (χ2n) is 5.63.